The van der Waals surface area contributed by atoms with E-state index in [1.807, 2.05) is 37.3 Å². The summed E-state index contributed by atoms with van der Waals surface area (Å²) in [6.45, 7) is 8.80. The summed E-state index contributed by atoms with van der Waals surface area (Å²) in [4.78, 5) is -2.09. The predicted octanol–water partition coefficient (Wildman–Crippen LogP) is 13.9. The topological polar surface area (TPSA) is 313 Å². The zero-order chi connectivity index (χ0) is 53.7. The minimum absolute atomic E-state index is 0.0293. The lowest BCUT2D eigenvalue weighted by Crippen LogP contribution is -2.04. The lowest BCUT2D eigenvalue weighted by Gasteiger charge is -2.14. The van der Waals surface area contributed by atoms with Gasteiger partial charge >= 0.3 is 0 Å². The SMILES string of the molecule is CCc1c(/C=C(\C)Nc2ccccc2)cc(S(=O)(=O)O)c(N=Nc2cc(OC)c(N=Nc3ccc(N=Nc4ccc(N=Nc5cc6c(S(=O)(=O)O)cc(S(=O)(=O)O)cc6cc5C)c(C)c4)c(C)c3)cc2OC)c1O. The third-order valence-corrected chi connectivity index (χ3v) is 13.8. The quantitative estimate of drug-likeness (QED) is 0.0419. The molecule has 0 saturated carbocycles. The molecule has 7 aromatic carbocycles. The molecular weight excluding hydrogens is 1010 g/mol. The van der Waals surface area contributed by atoms with Crippen LogP contribution >= 0.6 is 0 Å². The Labute approximate surface area is 426 Å². The molecule has 0 amide bonds. The maximum atomic E-state index is 12.7. The highest BCUT2D eigenvalue weighted by Crippen LogP contribution is 2.45. The van der Waals surface area contributed by atoms with E-state index < -0.39 is 56.5 Å². The first-order valence-corrected chi connectivity index (χ1v) is 26.3. The molecule has 7 rings (SSSR count). The van der Waals surface area contributed by atoms with E-state index in [1.54, 1.807) is 70.2 Å². The van der Waals surface area contributed by atoms with E-state index in [9.17, 15) is 44.0 Å². The smallest absolute Gasteiger partial charge is 0.296 e. The first-order valence-electron chi connectivity index (χ1n) is 22.0. The second-order valence-electron chi connectivity index (χ2n) is 16.5. The van der Waals surface area contributed by atoms with Crippen molar-refractivity contribution < 1.29 is 53.5 Å². The van der Waals surface area contributed by atoms with Crippen LogP contribution in [0.3, 0.4) is 0 Å². The number of ether oxygens (including phenoxy) is 2. The van der Waals surface area contributed by atoms with Gasteiger partial charge in [-0.3, -0.25) is 13.7 Å². The van der Waals surface area contributed by atoms with Gasteiger partial charge in [-0.25, -0.2) is 0 Å². The molecule has 0 bridgehead atoms. The Kier molecular flexibility index (Phi) is 15.9. The molecule has 0 fully saturated rings. The Morgan fingerprint density at radius 2 is 1.08 bits per heavy atom. The monoisotopic (exact) mass is 1060 g/mol. The summed E-state index contributed by atoms with van der Waals surface area (Å²) in [6, 6.07) is 28.2. The van der Waals surface area contributed by atoms with Crippen LogP contribution in [0.4, 0.5) is 51.2 Å². The summed E-state index contributed by atoms with van der Waals surface area (Å²) in [5.74, 6) is -0.147. The molecule has 7 aromatic rings. The largest absolute Gasteiger partial charge is 0.505 e. The molecule has 0 aromatic heterocycles. The number of phenols is 1. The van der Waals surface area contributed by atoms with E-state index in [0.29, 0.717) is 62.3 Å². The molecule has 0 aliphatic rings. The first-order chi connectivity index (χ1) is 35.0. The van der Waals surface area contributed by atoms with Gasteiger partial charge in [-0.15, -0.1) is 15.3 Å². The van der Waals surface area contributed by atoms with E-state index in [1.165, 1.54) is 44.6 Å². The van der Waals surface area contributed by atoms with Crippen LogP contribution in [0.15, 0.2) is 170 Å². The number of nitrogens with zero attached hydrogens (tertiary/aromatic N) is 8. The fourth-order valence-corrected chi connectivity index (χ4v) is 9.52. The maximum Gasteiger partial charge on any atom is 0.296 e. The van der Waals surface area contributed by atoms with Crippen LogP contribution in [-0.4, -0.2) is 58.2 Å². The van der Waals surface area contributed by atoms with Crippen molar-refractivity contribution in [2.75, 3.05) is 19.5 Å². The van der Waals surface area contributed by atoms with E-state index in [-0.39, 0.29) is 45.8 Å². The molecule has 0 spiro atoms. The molecule has 0 aliphatic carbocycles. The van der Waals surface area contributed by atoms with Crippen molar-refractivity contribution in [2.45, 2.75) is 55.7 Å². The number of hydrogen-bond acceptors (Lipinski definition) is 18. The summed E-state index contributed by atoms with van der Waals surface area (Å²) in [5.41, 5.74) is 6.05. The summed E-state index contributed by atoms with van der Waals surface area (Å²) in [7, 11) is -11.8. The Hall–Kier alpha value is -8.13. The summed E-state index contributed by atoms with van der Waals surface area (Å²) < 4.78 is 114. The summed E-state index contributed by atoms with van der Waals surface area (Å²) in [6.07, 6.45) is 1.93. The summed E-state index contributed by atoms with van der Waals surface area (Å²) in [5, 5.41) is 49.1. The number of hydrogen-bond donors (Lipinski definition) is 5. The van der Waals surface area contributed by atoms with Gasteiger partial charge in [-0.2, -0.15) is 50.8 Å². The molecule has 0 saturated heterocycles. The number of benzene rings is 7. The Morgan fingerprint density at radius 1 is 0.568 bits per heavy atom. The van der Waals surface area contributed by atoms with Crippen molar-refractivity contribution in [2.24, 2.45) is 40.9 Å². The first kappa shape index (κ1) is 53.7. The van der Waals surface area contributed by atoms with Gasteiger partial charge in [0.05, 0.1) is 47.6 Å². The molecule has 24 heteroatoms. The number of para-hydroxylation sites is 1. The number of methoxy groups -OCH3 is 2. The molecule has 382 valence electrons. The molecule has 0 atom stereocenters. The van der Waals surface area contributed by atoms with Crippen LogP contribution in [-0.2, 0) is 36.8 Å². The molecule has 0 heterocycles. The Morgan fingerprint density at radius 3 is 1.59 bits per heavy atom. The standard InChI is InChI=1S/C50H47N9O12S3/c1-8-38-33(21-31(5)51-34-12-10-9-11-13-34)23-48(74(67,68)69)49(50(38)60)59-58-44-27-45(70-6)43(26-46(44)71-7)57-53-36-14-16-40(29(3)19-36)54-52-35-15-17-41(30(4)20-35)55-56-42-25-39-32(18-28(42)2)22-37(72(61,62)63)24-47(39)73(64,65)66/h9-27,51,60H,8H2,1-7H3,(H,61,62,63)(H,64,65,66)(H,67,68,69)/b31-21+,54-52?,56-55?,57-53?,59-58?. The second-order valence-corrected chi connectivity index (χ2v) is 20.7. The Bertz CT molecular complexity index is 3870. The van der Waals surface area contributed by atoms with Crippen molar-refractivity contribution in [1.29, 1.82) is 0 Å². The van der Waals surface area contributed by atoms with Gasteiger partial charge in [0.1, 0.15) is 44.1 Å². The second kappa shape index (κ2) is 21.9. The minimum Gasteiger partial charge on any atom is -0.505 e. The zero-order valence-electron chi connectivity index (χ0n) is 40.5. The van der Waals surface area contributed by atoms with Gasteiger partial charge in [0.25, 0.3) is 30.4 Å². The van der Waals surface area contributed by atoms with Crippen molar-refractivity contribution in [3.05, 3.63) is 143 Å². The molecule has 74 heavy (non-hydrogen) atoms. The fourth-order valence-electron chi connectivity index (χ4n) is 7.51. The number of anilines is 1. The molecule has 21 nitrogen and oxygen atoms in total. The molecular formula is C50H47N9O12S3. The van der Waals surface area contributed by atoms with Crippen LogP contribution in [0, 0.1) is 20.8 Å². The lowest BCUT2D eigenvalue weighted by molar-refractivity contribution is 0.405. The van der Waals surface area contributed by atoms with Crippen molar-refractivity contribution in [1.82, 2.24) is 0 Å². The number of rotatable bonds is 17. The van der Waals surface area contributed by atoms with Crippen molar-refractivity contribution in [3.63, 3.8) is 0 Å². The minimum atomic E-state index is -4.91. The van der Waals surface area contributed by atoms with Gasteiger partial charge in [0.2, 0.25) is 0 Å². The number of aryl methyl sites for hydroxylation is 3. The summed E-state index contributed by atoms with van der Waals surface area (Å²) >= 11 is 0. The van der Waals surface area contributed by atoms with Gasteiger partial charge in [0, 0.05) is 34.5 Å². The van der Waals surface area contributed by atoms with Crippen LogP contribution < -0.4 is 14.8 Å². The van der Waals surface area contributed by atoms with Gasteiger partial charge < -0.3 is 19.9 Å². The number of nitrogens with one attached hydrogen (secondary N) is 1. The Balaban J connectivity index is 1.08. The van der Waals surface area contributed by atoms with Crippen LogP contribution in [0.5, 0.6) is 17.2 Å². The van der Waals surface area contributed by atoms with Crippen LogP contribution in [0.1, 0.15) is 41.7 Å². The number of phenolic OH excluding ortho intramolecular Hbond substituents is 1. The highest BCUT2D eigenvalue weighted by Gasteiger charge is 2.25. The third kappa shape index (κ3) is 12.5. The molecule has 0 aliphatic heterocycles. The number of azo groups is 4. The van der Waals surface area contributed by atoms with Crippen molar-refractivity contribution >= 4 is 98.4 Å². The predicted molar refractivity (Wildman–Crippen MR) is 278 cm³/mol. The average Bonchev–Trinajstić information content (AvgIpc) is 3.33. The number of fused-ring (bicyclic) bond motifs is 1. The van der Waals surface area contributed by atoms with E-state index in [4.69, 9.17) is 9.47 Å². The van der Waals surface area contributed by atoms with Gasteiger partial charge in [0.15, 0.2) is 0 Å². The number of aromatic hydroxyl groups is 1. The maximum absolute atomic E-state index is 12.7. The number of allylic oxidation sites excluding steroid dienone is 1. The average molecular weight is 1060 g/mol. The molecule has 0 unspecified atom stereocenters. The van der Waals surface area contributed by atoms with Gasteiger partial charge in [-0.05, 0) is 147 Å². The molecule has 5 N–H and O–H groups in total. The van der Waals surface area contributed by atoms with E-state index in [0.717, 1.165) is 11.8 Å². The molecule has 0 radical (unpaired) electrons. The fraction of sp³-hybridized carbons (Fsp3) is 0.160. The van der Waals surface area contributed by atoms with Gasteiger partial charge in [-0.1, -0.05) is 25.1 Å². The zero-order valence-corrected chi connectivity index (χ0v) is 43.0. The highest BCUT2D eigenvalue weighted by molar-refractivity contribution is 7.87. The van der Waals surface area contributed by atoms with Crippen LogP contribution in [0.2, 0.25) is 0 Å². The van der Waals surface area contributed by atoms with Crippen molar-refractivity contribution in [3.8, 4) is 17.2 Å². The normalized spacial score (nSPS) is 12.8. The highest BCUT2D eigenvalue weighted by atomic mass is 32.2. The van der Waals surface area contributed by atoms with Crippen LogP contribution in [0.25, 0.3) is 16.8 Å². The van der Waals surface area contributed by atoms with E-state index in [2.05, 4.69) is 46.2 Å². The third-order valence-electron chi connectivity index (χ3n) is 11.2. The van der Waals surface area contributed by atoms with E-state index >= 15 is 0 Å². The lowest BCUT2D eigenvalue weighted by atomic mass is 10.0.